The Morgan fingerprint density at radius 3 is 2.75 bits per heavy atom. The van der Waals surface area contributed by atoms with Gasteiger partial charge in [-0.05, 0) is 30.5 Å². The number of hydrogen-bond acceptors (Lipinski definition) is 5. The SMILES string of the molecule is COc1ccc(C(N)COCC2CCCO2)cc1OC. The Morgan fingerprint density at radius 2 is 2.10 bits per heavy atom. The second-order valence-corrected chi connectivity index (χ2v) is 4.89. The number of benzene rings is 1. The quantitative estimate of drug-likeness (QED) is 0.827. The molecular formula is C15H23NO4. The van der Waals surface area contributed by atoms with E-state index in [1.807, 2.05) is 18.2 Å². The van der Waals surface area contributed by atoms with Crippen molar-refractivity contribution in [1.29, 1.82) is 0 Å². The van der Waals surface area contributed by atoms with Crippen LogP contribution in [0.25, 0.3) is 0 Å². The van der Waals surface area contributed by atoms with E-state index in [0.717, 1.165) is 25.0 Å². The number of ether oxygens (including phenoxy) is 4. The van der Waals surface area contributed by atoms with Gasteiger partial charge in [-0.25, -0.2) is 0 Å². The fourth-order valence-corrected chi connectivity index (χ4v) is 2.28. The normalized spacial score (nSPS) is 19.9. The van der Waals surface area contributed by atoms with Crippen molar-refractivity contribution >= 4 is 0 Å². The van der Waals surface area contributed by atoms with Gasteiger partial charge in [0, 0.05) is 6.61 Å². The van der Waals surface area contributed by atoms with Crippen LogP contribution in [-0.4, -0.2) is 40.1 Å². The number of rotatable bonds is 7. The van der Waals surface area contributed by atoms with Crippen LogP contribution in [0.1, 0.15) is 24.4 Å². The van der Waals surface area contributed by atoms with E-state index in [-0.39, 0.29) is 12.1 Å². The van der Waals surface area contributed by atoms with Crippen LogP contribution in [0.4, 0.5) is 0 Å². The molecule has 1 aliphatic rings. The molecule has 0 spiro atoms. The van der Waals surface area contributed by atoms with Crippen molar-refractivity contribution in [2.24, 2.45) is 5.73 Å². The highest BCUT2D eigenvalue weighted by atomic mass is 16.5. The summed E-state index contributed by atoms with van der Waals surface area (Å²) < 4.78 is 21.6. The molecule has 1 aromatic rings. The van der Waals surface area contributed by atoms with E-state index in [1.165, 1.54) is 0 Å². The van der Waals surface area contributed by atoms with E-state index in [4.69, 9.17) is 24.7 Å². The molecule has 0 bridgehead atoms. The van der Waals surface area contributed by atoms with Gasteiger partial charge in [0.05, 0.1) is 39.6 Å². The van der Waals surface area contributed by atoms with E-state index >= 15 is 0 Å². The lowest BCUT2D eigenvalue weighted by Crippen LogP contribution is -2.21. The molecule has 2 N–H and O–H groups in total. The Hall–Kier alpha value is -1.30. The van der Waals surface area contributed by atoms with Crippen molar-refractivity contribution in [3.63, 3.8) is 0 Å². The van der Waals surface area contributed by atoms with Crippen LogP contribution in [0.2, 0.25) is 0 Å². The topological polar surface area (TPSA) is 62.9 Å². The summed E-state index contributed by atoms with van der Waals surface area (Å²) in [6.45, 7) is 1.92. The van der Waals surface area contributed by atoms with Crippen LogP contribution >= 0.6 is 0 Å². The third kappa shape index (κ3) is 3.85. The third-order valence-corrected chi connectivity index (χ3v) is 3.46. The summed E-state index contributed by atoms with van der Waals surface area (Å²) in [5.41, 5.74) is 7.10. The van der Waals surface area contributed by atoms with Gasteiger partial charge in [-0.15, -0.1) is 0 Å². The second-order valence-electron chi connectivity index (χ2n) is 4.89. The smallest absolute Gasteiger partial charge is 0.161 e. The Labute approximate surface area is 120 Å². The van der Waals surface area contributed by atoms with Crippen molar-refractivity contribution in [3.8, 4) is 11.5 Å². The average molecular weight is 281 g/mol. The van der Waals surface area contributed by atoms with E-state index < -0.39 is 0 Å². The molecule has 1 aromatic carbocycles. The van der Waals surface area contributed by atoms with E-state index in [1.54, 1.807) is 14.2 Å². The second kappa shape index (κ2) is 7.47. The fourth-order valence-electron chi connectivity index (χ4n) is 2.28. The summed E-state index contributed by atoms with van der Waals surface area (Å²) in [4.78, 5) is 0. The Morgan fingerprint density at radius 1 is 1.30 bits per heavy atom. The summed E-state index contributed by atoms with van der Waals surface area (Å²) in [6, 6.07) is 5.49. The molecule has 0 radical (unpaired) electrons. The summed E-state index contributed by atoms with van der Waals surface area (Å²) in [5, 5.41) is 0. The molecule has 0 aliphatic carbocycles. The predicted octanol–water partition coefficient (Wildman–Crippen LogP) is 1.90. The first kappa shape index (κ1) is 15.1. The zero-order chi connectivity index (χ0) is 14.4. The molecule has 0 amide bonds. The average Bonchev–Trinajstić information content (AvgIpc) is 2.99. The lowest BCUT2D eigenvalue weighted by molar-refractivity contribution is 0.0129. The zero-order valence-electron chi connectivity index (χ0n) is 12.1. The fraction of sp³-hybridized carbons (Fsp3) is 0.600. The molecule has 0 aromatic heterocycles. The maximum Gasteiger partial charge on any atom is 0.161 e. The zero-order valence-corrected chi connectivity index (χ0v) is 12.1. The van der Waals surface area contributed by atoms with Gasteiger partial charge in [0.15, 0.2) is 11.5 Å². The van der Waals surface area contributed by atoms with Crippen LogP contribution in [0, 0.1) is 0 Å². The Balaban J connectivity index is 1.86. The Bertz CT molecular complexity index is 418. The standard InChI is InChI=1S/C15H23NO4/c1-17-14-6-5-11(8-15(14)18-2)13(16)10-19-9-12-4-3-7-20-12/h5-6,8,12-13H,3-4,7,9-10,16H2,1-2H3. The number of methoxy groups -OCH3 is 2. The minimum absolute atomic E-state index is 0.184. The lowest BCUT2D eigenvalue weighted by atomic mass is 10.1. The summed E-state index contributed by atoms with van der Waals surface area (Å²) in [7, 11) is 3.23. The highest BCUT2D eigenvalue weighted by Crippen LogP contribution is 2.29. The van der Waals surface area contributed by atoms with E-state index in [2.05, 4.69) is 0 Å². The van der Waals surface area contributed by atoms with Crippen LogP contribution in [-0.2, 0) is 9.47 Å². The van der Waals surface area contributed by atoms with Gasteiger partial charge >= 0.3 is 0 Å². The maximum absolute atomic E-state index is 6.13. The van der Waals surface area contributed by atoms with Crippen LogP contribution in [0.15, 0.2) is 18.2 Å². The largest absolute Gasteiger partial charge is 0.493 e. The van der Waals surface area contributed by atoms with Crippen LogP contribution < -0.4 is 15.2 Å². The van der Waals surface area contributed by atoms with Gasteiger partial charge in [0.1, 0.15) is 0 Å². The van der Waals surface area contributed by atoms with Crippen LogP contribution in [0.5, 0.6) is 11.5 Å². The minimum atomic E-state index is -0.184. The van der Waals surface area contributed by atoms with E-state index in [9.17, 15) is 0 Å². The van der Waals surface area contributed by atoms with Gasteiger partial charge in [-0.1, -0.05) is 6.07 Å². The van der Waals surface area contributed by atoms with Crippen molar-refractivity contribution in [1.82, 2.24) is 0 Å². The maximum atomic E-state index is 6.13. The highest BCUT2D eigenvalue weighted by molar-refractivity contribution is 5.43. The molecule has 5 heteroatoms. The van der Waals surface area contributed by atoms with Crippen molar-refractivity contribution in [3.05, 3.63) is 23.8 Å². The first-order valence-corrected chi connectivity index (χ1v) is 6.91. The molecule has 1 heterocycles. The molecule has 2 rings (SSSR count). The van der Waals surface area contributed by atoms with Gasteiger partial charge in [0.25, 0.3) is 0 Å². The van der Waals surface area contributed by atoms with Gasteiger partial charge in [-0.2, -0.15) is 0 Å². The molecule has 112 valence electrons. The summed E-state index contributed by atoms with van der Waals surface area (Å²) >= 11 is 0. The van der Waals surface area contributed by atoms with Crippen molar-refractivity contribution in [2.45, 2.75) is 25.0 Å². The third-order valence-electron chi connectivity index (χ3n) is 3.46. The summed E-state index contributed by atoms with van der Waals surface area (Å²) in [5.74, 6) is 1.38. The van der Waals surface area contributed by atoms with E-state index in [0.29, 0.717) is 24.7 Å². The molecule has 1 aliphatic heterocycles. The molecular weight excluding hydrogens is 258 g/mol. The lowest BCUT2D eigenvalue weighted by Gasteiger charge is -2.16. The number of hydrogen-bond donors (Lipinski definition) is 1. The molecule has 2 atom stereocenters. The first-order chi connectivity index (χ1) is 9.74. The van der Waals surface area contributed by atoms with Gasteiger partial charge < -0.3 is 24.7 Å². The monoisotopic (exact) mass is 281 g/mol. The first-order valence-electron chi connectivity index (χ1n) is 6.91. The molecule has 1 fully saturated rings. The van der Waals surface area contributed by atoms with Gasteiger partial charge in [0.2, 0.25) is 0 Å². The predicted molar refractivity (Wildman–Crippen MR) is 76.3 cm³/mol. The molecule has 20 heavy (non-hydrogen) atoms. The number of nitrogens with two attached hydrogens (primary N) is 1. The summed E-state index contributed by atoms with van der Waals surface area (Å²) in [6.07, 6.45) is 2.43. The minimum Gasteiger partial charge on any atom is -0.493 e. The van der Waals surface area contributed by atoms with Crippen molar-refractivity contribution in [2.75, 3.05) is 34.0 Å². The molecule has 5 nitrogen and oxygen atoms in total. The molecule has 0 saturated carbocycles. The Kier molecular flexibility index (Phi) is 5.64. The van der Waals surface area contributed by atoms with Gasteiger partial charge in [-0.3, -0.25) is 0 Å². The highest BCUT2D eigenvalue weighted by Gasteiger charge is 2.16. The molecule has 1 saturated heterocycles. The molecule has 2 unspecified atom stereocenters. The van der Waals surface area contributed by atoms with Crippen molar-refractivity contribution < 1.29 is 18.9 Å². The van der Waals surface area contributed by atoms with Crippen LogP contribution in [0.3, 0.4) is 0 Å².